The summed E-state index contributed by atoms with van der Waals surface area (Å²) in [6.45, 7) is 3.08. The summed E-state index contributed by atoms with van der Waals surface area (Å²) in [6, 6.07) is 2.93. The number of pyridine rings is 1. The van der Waals surface area contributed by atoms with Gasteiger partial charge in [-0.1, -0.05) is 6.92 Å². The number of nitrogens with zero attached hydrogens (tertiary/aromatic N) is 2. The average molecular weight is 351 g/mol. The maximum absolute atomic E-state index is 12.7. The molecule has 136 valence electrons. The third-order valence-electron chi connectivity index (χ3n) is 4.33. The van der Waals surface area contributed by atoms with Gasteiger partial charge in [-0.2, -0.15) is 0 Å². The van der Waals surface area contributed by atoms with Crippen molar-refractivity contribution in [2.75, 3.05) is 26.7 Å². The van der Waals surface area contributed by atoms with Crippen molar-refractivity contribution in [3.8, 4) is 0 Å². The molecule has 1 spiro atoms. The Hall–Kier alpha value is -2.84. The minimum atomic E-state index is -0.587. The van der Waals surface area contributed by atoms with E-state index in [1.54, 1.807) is 18.0 Å². The Kier molecular flexibility index (Phi) is 5.45. The van der Waals surface area contributed by atoms with Crippen LogP contribution < -0.4 is 5.56 Å². The zero-order valence-corrected chi connectivity index (χ0v) is 14.2. The zero-order valence-electron chi connectivity index (χ0n) is 14.2. The highest BCUT2D eigenvalue weighted by Crippen LogP contribution is 2.32. The van der Waals surface area contributed by atoms with Gasteiger partial charge in [0.15, 0.2) is 5.60 Å². The third-order valence-corrected chi connectivity index (χ3v) is 4.33. The fourth-order valence-electron chi connectivity index (χ4n) is 3.19. The standard InChI is InChI=1S/C15H19N3O4.CH2O2/c1-3-11-10(4-5-12(19)16-11)13(20)18-7-6-15(9-18)8-17(2)14(21)22-15;2-1-3/h4-5H,3,6-9H2,1-2H3,(H,16,19);1H,(H,2,3). The number of hydrogen-bond donors (Lipinski definition) is 2. The van der Waals surface area contributed by atoms with Crippen LogP contribution >= 0.6 is 0 Å². The van der Waals surface area contributed by atoms with Crippen LogP contribution in [-0.4, -0.2) is 70.6 Å². The van der Waals surface area contributed by atoms with Gasteiger partial charge in [-0.05, 0) is 12.5 Å². The summed E-state index contributed by atoms with van der Waals surface area (Å²) in [5.74, 6) is -0.129. The molecule has 1 atom stereocenters. The second-order valence-corrected chi connectivity index (χ2v) is 6.06. The van der Waals surface area contributed by atoms with E-state index < -0.39 is 5.60 Å². The SMILES string of the molecule is CCc1[nH]c(=O)ccc1C(=O)N1CCC2(CN(C)C(=O)O2)C1.O=CO. The largest absolute Gasteiger partial charge is 0.483 e. The van der Waals surface area contributed by atoms with Gasteiger partial charge < -0.3 is 24.6 Å². The average Bonchev–Trinajstić information content (AvgIpc) is 3.10. The molecule has 2 saturated heterocycles. The molecule has 25 heavy (non-hydrogen) atoms. The van der Waals surface area contributed by atoms with Gasteiger partial charge in [0.25, 0.3) is 12.4 Å². The van der Waals surface area contributed by atoms with E-state index in [1.807, 2.05) is 6.92 Å². The van der Waals surface area contributed by atoms with Crippen LogP contribution in [0.4, 0.5) is 4.79 Å². The molecule has 9 heteroatoms. The molecule has 0 bridgehead atoms. The van der Waals surface area contributed by atoms with Gasteiger partial charge in [-0.15, -0.1) is 0 Å². The van der Waals surface area contributed by atoms with Gasteiger partial charge in [0.2, 0.25) is 5.56 Å². The molecule has 0 saturated carbocycles. The van der Waals surface area contributed by atoms with Crippen LogP contribution in [-0.2, 0) is 16.0 Å². The zero-order chi connectivity index (χ0) is 18.6. The topological polar surface area (TPSA) is 120 Å². The summed E-state index contributed by atoms with van der Waals surface area (Å²) < 4.78 is 5.45. The summed E-state index contributed by atoms with van der Waals surface area (Å²) >= 11 is 0. The molecule has 0 radical (unpaired) electrons. The van der Waals surface area contributed by atoms with Crippen molar-refractivity contribution >= 4 is 18.5 Å². The molecule has 2 aliphatic rings. The Morgan fingerprint density at radius 2 is 2.08 bits per heavy atom. The van der Waals surface area contributed by atoms with Gasteiger partial charge in [0.05, 0.1) is 18.7 Å². The Bertz CT molecular complexity index is 731. The van der Waals surface area contributed by atoms with E-state index in [2.05, 4.69) is 4.98 Å². The van der Waals surface area contributed by atoms with Crippen molar-refractivity contribution < 1.29 is 24.2 Å². The molecule has 9 nitrogen and oxygen atoms in total. The Labute approximate surface area is 144 Å². The predicted molar refractivity (Wildman–Crippen MR) is 87.5 cm³/mol. The molecule has 0 aliphatic carbocycles. The number of carbonyl (C=O) groups is 3. The number of amides is 2. The molecule has 2 amide bonds. The number of likely N-dealkylation sites (N-methyl/N-ethyl adjacent to an activating group) is 1. The van der Waals surface area contributed by atoms with Gasteiger partial charge in [0.1, 0.15) is 0 Å². The first-order chi connectivity index (χ1) is 11.9. The Morgan fingerprint density at radius 3 is 2.64 bits per heavy atom. The lowest BCUT2D eigenvalue weighted by atomic mass is 10.0. The Morgan fingerprint density at radius 1 is 1.40 bits per heavy atom. The van der Waals surface area contributed by atoms with Crippen molar-refractivity contribution in [2.24, 2.45) is 0 Å². The number of carbonyl (C=O) groups excluding carboxylic acids is 2. The van der Waals surface area contributed by atoms with Gasteiger partial charge >= 0.3 is 6.09 Å². The first-order valence-electron chi connectivity index (χ1n) is 7.89. The lowest BCUT2D eigenvalue weighted by Crippen LogP contribution is -2.39. The van der Waals surface area contributed by atoms with Crippen molar-refractivity contribution in [1.82, 2.24) is 14.8 Å². The molecule has 1 aromatic heterocycles. The minimum absolute atomic E-state index is 0.129. The lowest BCUT2D eigenvalue weighted by Gasteiger charge is -2.22. The monoisotopic (exact) mass is 351 g/mol. The van der Waals surface area contributed by atoms with Crippen LogP contribution in [0.15, 0.2) is 16.9 Å². The maximum atomic E-state index is 12.7. The molecule has 2 aliphatic heterocycles. The van der Waals surface area contributed by atoms with Gasteiger partial charge in [-0.25, -0.2) is 4.79 Å². The van der Waals surface area contributed by atoms with E-state index in [9.17, 15) is 14.4 Å². The molecular formula is C16H21N3O6. The highest BCUT2D eigenvalue weighted by molar-refractivity contribution is 5.95. The first-order valence-corrected chi connectivity index (χ1v) is 7.89. The summed E-state index contributed by atoms with van der Waals surface area (Å²) in [5, 5.41) is 6.89. The van der Waals surface area contributed by atoms with Crippen molar-refractivity contribution in [2.45, 2.75) is 25.4 Å². The number of aromatic amines is 1. The number of aryl methyl sites for hydroxylation is 1. The maximum Gasteiger partial charge on any atom is 0.410 e. The summed E-state index contributed by atoms with van der Waals surface area (Å²) in [6.07, 6.45) is 0.876. The number of hydrogen-bond acceptors (Lipinski definition) is 5. The van der Waals surface area contributed by atoms with E-state index in [0.717, 1.165) is 0 Å². The second kappa shape index (κ2) is 7.37. The smallest absolute Gasteiger partial charge is 0.410 e. The van der Waals surface area contributed by atoms with Crippen LogP contribution in [0.1, 0.15) is 29.4 Å². The van der Waals surface area contributed by atoms with Crippen LogP contribution in [0.3, 0.4) is 0 Å². The van der Waals surface area contributed by atoms with Crippen LogP contribution in [0, 0.1) is 0 Å². The molecule has 2 N–H and O–H groups in total. The van der Waals surface area contributed by atoms with Crippen LogP contribution in [0.5, 0.6) is 0 Å². The number of rotatable bonds is 2. The number of carboxylic acid groups (broad SMARTS) is 1. The minimum Gasteiger partial charge on any atom is -0.483 e. The molecule has 3 heterocycles. The number of H-pyrrole nitrogens is 1. The van der Waals surface area contributed by atoms with E-state index in [0.29, 0.717) is 43.7 Å². The van der Waals surface area contributed by atoms with Crippen LogP contribution in [0.25, 0.3) is 0 Å². The molecule has 2 fully saturated rings. The van der Waals surface area contributed by atoms with Crippen molar-refractivity contribution in [3.05, 3.63) is 33.7 Å². The summed E-state index contributed by atoms with van der Waals surface area (Å²) in [7, 11) is 1.69. The fourth-order valence-corrected chi connectivity index (χ4v) is 3.19. The highest BCUT2D eigenvalue weighted by atomic mass is 16.6. The second-order valence-electron chi connectivity index (χ2n) is 6.06. The number of aromatic nitrogens is 1. The van der Waals surface area contributed by atoms with E-state index >= 15 is 0 Å². The lowest BCUT2D eigenvalue weighted by molar-refractivity contribution is -0.122. The van der Waals surface area contributed by atoms with E-state index in [4.69, 9.17) is 14.6 Å². The van der Waals surface area contributed by atoms with E-state index in [-0.39, 0.29) is 24.0 Å². The summed E-state index contributed by atoms with van der Waals surface area (Å²) in [4.78, 5) is 49.9. The van der Waals surface area contributed by atoms with Crippen molar-refractivity contribution in [1.29, 1.82) is 0 Å². The normalized spacial score (nSPS) is 21.8. The fraction of sp³-hybridized carbons (Fsp3) is 0.500. The van der Waals surface area contributed by atoms with Crippen LogP contribution in [0.2, 0.25) is 0 Å². The van der Waals surface area contributed by atoms with Gasteiger partial charge in [-0.3, -0.25) is 14.4 Å². The highest BCUT2D eigenvalue weighted by Gasteiger charge is 2.49. The quantitative estimate of drug-likeness (QED) is 0.740. The molecule has 3 rings (SSSR count). The summed E-state index contributed by atoms with van der Waals surface area (Å²) in [5.41, 5.74) is 0.351. The predicted octanol–water partition coefficient (Wildman–Crippen LogP) is 0.305. The Balaban J connectivity index is 0.000000701. The molecule has 0 aromatic carbocycles. The van der Waals surface area contributed by atoms with Gasteiger partial charge in [0, 0.05) is 31.8 Å². The molecule has 1 aromatic rings. The molecule has 1 unspecified atom stereocenters. The van der Waals surface area contributed by atoms with Crippen molar-refractivity contribution in [3.63, 3.8) is 0 Å². The number of nitrogens with one attached hydrogen (secondary N) is 1. The number of likely N-dealkylation sites (tertiary alicyclic amines) is 1. The first kappa shape index (κ1) is 18.5. The number of ether oxygens (including phenoxy) is 1. The van der Waals surface area contributed by atoms with E-state index in [1.165, 1.54) is 11.0 Å². The third kappa shape index (κ3) is 3.81. The molecular weight excluding hydrogens is 330 g/mol.